The minimum Gasteiger partial charge on any atom is -0.443 e. The number of imide groups is 1. The monoisotopic (exact) mass is 791 g/mol. The molecule has 0 atom stereocenters. The number of carbonyl (C=O) groups is 3. The summed E-state index contributed by atoms with van der Waals surface area (Å²) < 4.78 is 54.5. The molecule has 0 aliphatic carbocycles. The number of rotatable bonds is 7. The lowest BCUT2D eigenvalue weighted by Crippen LogP contribution is -2.47. The lowest BCUT2D eigenvalue weighted by atomic mass is 9.92. The van der Waals surface area contributed by atoms with Crippen molar-refractivity contribution in [2.24, 2.45) is 10.6 Å². The van der Waals surface area contributed by atoms with E-state index in [9.17, 15) is 22.8 Å². The van der Waals surface area contributed by atoms with E-state index in [0.717, 1.165) is 16.1 Å². The summed E-state index contributed by atoms with van der Waals surface area (Å²) in [5, 5.41) is 11.9. The zero-order chi connectivity index (χ0) is 41.9. The van der Waals surface area contributed by atoms with Crippen molar-refractivity contribution in [3.8, 4) is 11.5 Å². The minimum absolute atomic E-state index is 0.0185. The summed E-state index contributed by atoms with van der Waals surface area (Å²) in [7, 11) is 1.71. The van der Waals surface area contributed by atoms with E-state index in [0.29, 0.717) is 40.6 Å². The van der Waals surface area contributed by atoms with Gasteiger partial charge in [0.15, 0.2) is 0 Å². The van der Waals surface area contributed by atoms with Crippen molar-refractivity contribution in [2.45, 2.75) is 111 Å². The Hall–Kier alpha value is -4.70. The van der Waals surface area contributed by atoms with E-state index in [2.05, 4.69) is 47.5 Å². The average molecular weight is 792 g/mol. The third-order valence-electron chi connectivity index (χ3n) is 7.00. The lowest BCUT2D eigenvalue weighted by Gasteiger charge is -2.29. The van der Waals surface area contributed by atoms with Crippen molar-refractivity contribution < 1.29 is 46.3 Å². The molecule has 302 valence electrons. The van der Waals surface area contributed by atoms with Gasteiger partial charge in [-0.15, -0.1) is 22.0 Å². The maximum Gasteiger partial charge on any atom is 0.451 e. The van der Waals surface area contributed by atoms with Crippen LogP contribution in [0.25, 0.3) is 11.5 Å². The Morgan fingerprint density at radius 3 is 2.09 bits per heavy atom. The van der Waals surface area contributed by atoms with E-state index in [4.69, 9.17) is 18.7 Å². The van der Waals surface area contributed by atoms with Crippen LogP contribution in [0, 0.1) is 5.41 Å². The van der Waals surface area contributed by atoms with Crippen LogP contribution < -0.4 is 4.90 Å². The number of benzene rings is 2. The molecule has 2 heterocycles. The zero-order valence-electron chi connectivity index (χ0n) is 33.6. The summed E-state index contributed by atoms with van der Waals surface area (Å²) in [5.41, 5.74) is 1.63. The van der Waals surface area contributed by atoms with Gasteiger partial charge in [0.2, 0.25) is 17.5 Å². The number of aromatic nitrogens is 2. The standard InChI is InChI=1S/C32H36F3N5O5S.C5H12O.C2H4O/c1-19(38-45-20(2)32(33,34)35)22-11-9-21(10-12-22)17-39-24-15-23(27-37-36-26(43-27)16-30(3,4)5)13-14-25(24)46-18-40(28(39)41)29(42)44-31(6,7)8;1-5(2,3)6-4;1-2-3/h9-15H,2,16-18H2,1,3-8H3;1-4H3;2H,1H3/b38-19+;;. The van der Waals surface area contributed by atoms with Crippen molar-refractivity contribution in [3.05, 3.63) is 71.8 Å². The number of halogens is 3. The van der Waals surface area contributed by atoms with E-state index in [1.807, 2.05) is 32.9 Å². The number of fused-ring (bicyclic) bond motifs is 1. The van der Waals surface area contributed by atoms with E-state index in [1.54, 1.807) is 58.2 Å². The number of aldehydes is 1. The van der Waals surface area contributed by atoms with Gasteiger partial charge in [0, 0.05) is 24.0 Å². The van der Waals surface area contributed by atoms with Crippen LogP contribution >= 0.6 is 11.8 Å². The number of ether oxygens (including phenoxy) is 2. The number of methoxy groups -OCH3 is 1. The van der Waals surface area contributed by atoms with Crippen LogP contribution in [-0.2, 0) is 32.1 Å². The van der Waals surface area contributed by atoms with Crippen LogP contribution in [0.5, 0.6) is 0 Å². The van der Waals surface area contributed by atoms with Gasteiger partial charge in [-0.2, -0.15) is 13.2 Å². The van der Waals surface area contributed by atoms with Gasteiger partial charge >= 0.3 is 18.3 Å². The fraction of sp³-hybridized carbons (Fsp3) is 0.487. The first kappa shape index (κ1) is 46.5. The number of alkyl halides is 3. The number of hydrogen-bond donors (Lipinski definition) is 0. The van der Waals surface area contributed by atoms with Crippen LogP contribution in [0.3, 0.4) is 0 Å². The predicted molar refractivity (Wildman–Crippen MR) is 207 cm³/mol. The second-order valence-corrected chi connectivity index (χ2v) is 16.4. The summed E-state index contributed by atoms with van der Waals surface area (Å²) in [4.78, 5) is 43.6. The number of amides is 3. The van der Waals surface area contributed by atoms with Gasteiger partial charge in [0.05, 0.1) is 29.4 Å². The molecule has 4 rings (SSSR count). The molecule has 0 spiro atoms. The van der Waals surface area contributed by atoms with Crippen molar-refractivity contribution in [2.75, 3.05) is 17.9 Å². The number of carbonyl (C=O) groups excluding carboxylic acids is 3. The van der Waals surface area contributed by atoms with Gasteiger partial charge in [-0.1, -0.05) is 50.2 Å². The van der Waals surface area contributed by atoms with Gasteiger partial charge in [-0.3, -0.25) is 4.90 Å². The topological polar surface area (TPSA) is 137 Å². The first-order valence-corrected chi connectivity index (χ1v) is 18.2. The van der Waals surface area contributed by atoms with E-state index in [1.165, 1.54) is 30.5 Å². The Balaban J connectivity index is 0.00000104. The summed E-state index contributed by atoms with van der Waals surface area (Å²) in [6.45, 7) is 23.2. The van der Waals surface area contributed by atoms with Crippen LogP contribution in [0.1, 0.15) is 93.2 Å². The number of hydrogen-bond acceptors (Lipinski definition) is 11. The molecule has 0 N–H and O–H groups in total. The Bertz CT molecular complexity index is 1810. The highest BCUT2D eigenvalue weighted by atomic mass is 32.2. The van der Waals surface area contributed by atoms with Crippen LogP contribution in [0.2, 0.25) is 0 Å². The van der Waals surface area contributed by atoms with Crippen LogP contribution in [0.15, 0.2) is 69.3 Å². The van der Waals surface area contributed by atoms with Gasteiger partial charge in [0.25, 0.3) is 0 Å². The SMILES string of the molecule is C=C(O/N=C(\C)c1ccc(CN2C(=O)N(C(=O)OC(C)(C)C)CSc3ccc(-c4nnc(CC(C)(C)C)o4)cc32)cc1)C(F)(F)F.CC=O.COC(C)(C)C. The van der Waals surface area contributed by atoms with E-state index < -0.39 is 29.7 Å². The molecule has 0 saturated heterocycles. The molecule has 16 heteroatoms. The fourth-order valence-electron chi connectivity index (χ4n) is 4.18. The summed E-state index contributed by atoms with van der Waals surface area (Å²) in [6.07, 6.45) is -4.18. The molecule has 1 aliphatic rings. The Labute approximate surface area is 325 Å². The van der Waals surface area contributed by atoms with Gasteiger partial charge in [-0.05, 0) is 96.7 Å². The average Bonchev–Trinajstić information content (AvgIpc) is 3.47. The van der Waals surface area contributed by atoms with E-state index in [-0.39, 0.29) is 29.1 Å². The van der Waals surface area contributed by atoms with Crippen LogP contribution in [0.4, 0.5) is 28.4 Å². The van der Waals surface area contributed by atoms with Crippen molar-refractivity contribution >= 4 is 41.6 Å². The molecular formula is C39H52F3N5O7S. The van der Waals surface area contributed by atoms with E-state index >= 15 is 0 Å². The lowest BCUT2D eigenvalue weighted by molar-refractivity contribution is -0.130. The molecule has 0 fully saturated rings. The van der Waals surface area contributed by atoms with Gasteiger partial charge in [-0.25, -0.2) is 14.5 Å². The smallest absolute Gasteiger partial charge is 0.443 e. The summed E-state index contributed by atoms with van der Waals surface area (Å²) in [5.74, 6) is -0.630. The molecular weight excluding hydrogens is 740 g/mol. The normalized spacial score (nSPS) is 13.7. The highest BCUT2D eigenvalue weighted by Crippen LogP contribution is 2.39. The minimum atomic E-state index is -4.73. The molecule has 1 aliphatic heterocycles. The van der Waals surface area contributed by atoms with Crippen molar-refractivity contribution in [1.82, 2.24) is 15.1 Å². The molecule has 3 amide bonds. The first-order chi connectivity index (χ1) is 25.3. The number of urea groups is 1. The summed E-state index contributed by atoms with van der Waals surface area (Å²) >= 11 is 1.30. The fourth-order valence-corrected chi connectivity index (χ4v) is 5.14. The Morgan fingerprint density at radius 2 is 1.58 bits per heavy atom. The molecule has 0 radical (unpaired) electrons. The maximum absolute atomic E-state index is 14.0. The molecule has 0 saturated carbocycles. The quantitative estimate of drug-likeness (QED) is 0.0984. The zero-order valence-corrected chi connectivity index (χ0v) is 34.4. The molecule has 3 aromatic rings. The van der Waals surface area contributed by atoms with Crippen molar-refractivity contribution in [3.63, 3.8) is 0 Å². The third kappa shape index (κ3) is 15.5. The van der Waals surface area contributed by atoms with Gasteiger partial charge < -0.3 is 23.5 Å². The second-order valence-electron chi connectivity index (χ2n) is 15.4. The Morgan fingerprint density at radius 1 is 1.00 bits per heavy atom. The second kappa shape index (κ2) is 19.2. The third-order valence-corrected chi connectivity index (χ3v) is 8.05. The number of anilines is 1. The number of nitrogens with zero attached hydrogens (tertiary/aromatic N) is 5. The summed E-state index contributed by atoms with van der Waals surface area (Å²) in [6, 6.07) is 11.5. The maximum atomic E-state index is 14.0. The highest BCUT2D eigenvalue weighted by Gasteiger charge is 2.36. The molecule has 0 bridgehead atoms. The number of thioether (sulfide) groups is 1. The van der Waals surface area contributed by atoms with Gasteiger partial charge in [0.1, 0.15) is 11.9 Å². The van der Waals surface area contributed by atoms with Crippen molar-refractivity contribution in [1.29, 1.82) is 0 Å². The molecule has 0 unspecified atom stereocenters. The predicted octanol–water partition coefficient (Wildman–Crippen LogP) is 10.2. The molecule has 55 heavy (non-hydrogen) atoms. The number of allylic oxidation sites excluding steroid dienone is 1. The Kier molecular flexibility index (Phi) is 16.3. The largest absolute Gasteiger partial charge is 0.451 e. The highest BCUT2D eigenvalue weighted by molar-refractivity contribution is 7.99. The molecule has 2 aromatic carbocycles. The molecule has 12 nitrogen and oxygen atoms in total. The molecule has 1 aromatic heterocycles. The first-order valence-electron chi connectivity index (χ1n) is 17.2. The number of oxime groups is 1. The van der Waals surface area contributed by atoms with Crippen LogP contribution in [-0.4, -0.2) is 69.6 Å².